The van der Waals surface area contributed by atoms with E-state index in [0.29, 0.717) is 16.9 Å². The molecular formula is C21H15FO5. The Bertz CT molecular complexity index is 978. The van der Waals surface area contributed by atoms with E-state index in [4.69, 9.17) is 4.74 Å². The zero-order valence-corrected chi connectivity index (χ0v) is 14.1. The summed E-state index contributed by atoms with van der Waals surface area (Å²) in [5, 5.41) is 18.9. The quantitative estimate of drug-likeness (QED) is 0.650. The number of carbonyl (C=O) groups is 2. The zero-order valence-electron chi connectivity index (χ0n) is 14.1. The molecule has 0 aliphatic rings. The first-order valence-corrected chi connectivity index (χ1v) is 8.02. The average Bonchev–Trinajstić information content (AvgIpc) is 2.66. The van der Waals surface area contributed by atoms with Gasteiger partial charge in [-0.3, -0.25) is 9.59 Å². The van der Waals surface area contributed by atoms with Crippen LogP contribution in [-0.4, -0.2) is 28.4 Å². The fourth-order valence-corrected chi connectivity index (χ4v) is 2.45. The topological polar surface area (TPSA) is 83.8 Å². The number of phenolic OH excluding ortho intramolecular Hbond substituents is 2. The number of rotatable bonds is 6. The summed E-state index contributed by atoms with van der Waals surface area (Å²) in [7, 11) is 0. The van der Waals surface area contributed by atoms with Gasteiger partial charge >= 0.3 is 0 Å². The second-order valence-electron chi connectivity index (χ2n) is 5.77. The molecule has 0 amide bonds. The van der Waals surface area contributed by atoms with Crippen LogP contribution in [0.4, 0.5) is 4.39 Å². The van der Waals surface area contributed by atoms with Gasteiger partial charge in [0.1, 0.15) is 23.1 Å². The van der Waals surface area contributed by atoms with Crippen molar-refractivity contribution in [3.8, 4) is 17.2 Å². The first-order chi connectivity index (χ1) is 12.9. The van der Waals surface area contributed by atoms with Crippen molar-refractivity contribution < 1.29 is 28.9 Å². The Morgan fingerprint density at radius 2 is 1.44 bits per heavy atom. The van der Waals surface area contributed by atoms with Crippen molar-refractivity contribution in [2.75, 3.05) is 6.61 Å². The van der Waals surface area contributed by atoms with Crippen LogP contribution in [0.15, 0.2) is 66.7 Å². The molecule has 0 unspecified atom stereocenters. The van der Waals surface area contributed by atoms with E-state index >= 15 is 0 Å². The van der Waals surface area contributed by atoms with Crippen LogP contribution >= 0.6 is 0 Å². The molecule has 3 aromatic rings. The van der Waals surface area contributed by atoms with Crippen molar-refractivity contribution in [1.29, 1.82) is 0 Å². The van der Waals surface area contributed by atoms with Crippen molar-refractivity contribution >= 4 is 11.6 Å². The van der Waals surface area contributed by atoms with Gasteiger partial charge in [0.05, 0.1) is 5.56 Å². The number of ketones is 2. The van der Waals surface area contributed by atoms with Gasteiger partial charge in [0.2, 0.25) is 5.78 Å². The van der Waals surface area contributed by atoms with Gasteiger partial charge in [0, 0.05) is 17.2 Å². The molecule has 0 saturated heterocycles. The number of hydrogen-bond donors (Lipinski definition) is 2. The van der Waals surface area contributed by atoms with Crippen molar-refractivity contribution in [2.24, 2.45) is 0 Å². The van der Waals surface area contributed by atoms with Gasteiger partial charge in [-0.15, -0.1) is 0 Å². The zero-order chi connectivity index (χ0) is 19.4. The third-order valence-corrected chi connectivity index (χ3v) is 3.87. The lowest BCUT2D eigenvalue weighted by Gasteiger charge is -2.08. The van der Waals surface area contributed by atoms with Crippen LogP contribution in [0.5, 0.6) is 17.2 Å². The summed E-state index contributed by atoms with van der Waals surface area (Å²) < 4.78 is 18.3. The largest absolute Gasteiger partial charge is 0.508 e. The maximum absolute atomic E-state index is 12.9. The van der Waals surface area contributed by atoms with E-state index < -0.39 is 11.6 Å². The Kier molecular flexibility index (Phi) is 5.17. The first kappa shape index (κ1) is 18.1. The predicted molar refractivity (Wildman–Crippen MR) is 95.9 cm³/mol. The summed E-state index contributed by atoms with van der Waals surface area (Å²) in [6.45, 7) is -0.316. The minimum Gasteiger partial charge on any atom is -0.508 e. The maximum atomic E-state index is 12.9. The standard InChI is InChI=1S/C21H15FO5/c22-15-5-1-13(2-6-15)21(26)14-3-8-17(9-4-14)27-12-20(25)18-10-7-16(23)11-19(18)24/h1-11,23-24H,12H2. The fraction of sp³-hybridized carbons (Fsp3) is 0.0476. The van der Waals surface area contributed by atoms with Crippen molar-refractivity contribution in [1.82, 2.24) is 0 Å². The maximum Gasteiger partial charge on any atom is 0.203 e. The SMILES string of the molecule is O=C(c1ccc(F)cc1)c1ccc(OCC(=O)c2ccc(O)cc2O)cc1. The van der Waals surface area contributed by atoms with Crippen molar-refractivity contribution in [3.05, 3.63) is 89.2 Å². The lowest BCUT2D eigenvalue weighted by atomic mass is 10.0. The minimum atomic E-state index is -0.459. The highest BCUT2D eigenvalue weighted by molar-refractivity contribution is 6.09. The molecule has 0 fully saturated rings. The van der Waals surface area contributed by atoms with E-state index in [1.54, 1.807) is 24.3 Å². The summed E-state index contributed by atoms with van der Waals surface area (Å²) in [4.78, 5) is 24.4. The number of Topliss-reactive ketones (excluding diaryl/α,β-unsaturated/α-hetero) is 1. The lowest BCUT2D eigenvalue weighted by Crippen LogP contribution is -2.12. The van der Waals surface area contributed by atoms with E-state index in [2.05, 4.69) is 0 Å². The molecule has 0 aliphatic heterocycles. The highest BCUT2D eigenvalue weighted by Crippen LogP contribution is 2.23. The van der Waals surface area contributed by atoms with Gasteiger partial charge < -0.3 is 14.9 Å². The fourth-order valence-electron chi connectivity index (χ4n) is 2.45. The van der Waals surface area contributed by atoms with Crippen LogP contribution in [-0.2, 0) is 0 Å². The number of phenols is 2. The van der Waals surface area contributed by atoms with E-state index in [1.165, 1.54) is 36.4 Å². The van der Waals surface area contributed by atoms with E-state index in [9.17, 15) is 24.2 Å². The Morgan fingerprint density at radius 1 is 0.852 bits per heavy atom. The van der Waals surface area contributed by atoms with Crippen LogP contribution in [0.25, 0.3) is 0 Å². The molecule has 2 N–H and O–H groups in total. The molecule has 0 aromatic heterocycles. The second-order valence-corrected chi connectivity index (χ2v) is 5.77. The molecule has 6 heteroatoms. The average molecular weight is 366 g/mol. The van der Waals surface area contributed by atoms with E-state index in [1.807, 2.05) is 0 Å². The molecule has 3 rings (SSSR count). The van der Waals surface area contributed by atoms with Crippen molar-refractivity contribution in [3.63, 3.8) is 0 Å². The van der Waals surface area contributed by atoms with Crippen LogP contribution in [0.1, 0.15) is 26.3 Å². The van der Waals surface area contributed by atoms with Gasteiger partial charge in [-0.2, -0.15) is 0 Å². The van der Waals surface area contributed by atoms with Gasteiger partial charge in [-0.05, 0) is 60.7 Å². The van der Waals surface area contributed by atoms with Crippen LogP contribution in [0, 0.1) is 5.82 Å². The molecule has 27 heavy (non-hydrogen) atoms. The highest BCUT2D eigenvalue weighted by atomic mass is 19.1. The number of aromatic hydroxyl groups is 2. The molecule has 0 atom stereocenters. The predicted octanol–water partition coefficient (Wildman–Crippen LogP) is 3.73. The second kappa shape index (κ2) is 7.70. The molecule has 0 bridgehead atoms. The number of halogens is 1. The lowest BCUT2D eigenvalue weighted by molar-refractivity contribution is 0.0918. The minimum absolute atomic E-state index is 0.0379. The van der Waals surface area contributed by atoms with E-state index in [-0.39, 0.29) is 29.5 Å². The molecule has 0 spiro atoms. The van der Waals surface area contributed by atoms with Gasteiger partial charge in [0.15, 0.2) is 12.4 Å². The third kappa shape index (κ3) is 4.30. The number of carbonyl (C=O) groups excluding carboxylic acids is 2. The van der Waals surface area contributed by atoms with E-state index in [0.717, 1.165) is 6.07 Å². The summed E-state index contributed by atoms with van der Waals surface area (Å²) in [5.74, 6) is -1.24. The third-order valence-electron chi connectivity index (χ3n) is 3.87. The van der Waals surface area contributed by atoms with Gasteiger partial charge in [0.25, 0.3) is 0 Å². The Labute approximate surface area is 154 Å². The molecule has 0 aliphatic carbocycles. The van der Waals surface area contributed by atoms with Gasteiger partial charge in [-0.1, -0.05) is 0 Å². The number of benzene rings is 3. The van der Waals surface area contributed by atoms with Crippen LogP contribution in [0.2, 0.25) is 0 Å². The molecule has 5 nitrogen and oxygen atoms in total. The molecular weight excluding hydrogens is 351 g/mol. The summed E-state index contributed by atoms with van der Waals surface area (Å²) in [5.41, 5.74) is 0.801. The van der Waals surface area contributed by atoms with Crippen LogP contribution < -0.4 is 4.74 Å². The molecule has 136 valence electrons. The Balaban J connectivity index is 1.64. The number of ether oxygens (including phenoxy) is 1. The smallest absolute Gasteiger partial charge is 0.203 e. The molecule has 0 saturated carbocycles. The molecule has 3 aromatic carbocycles. The van der Waals surface area contributed by atoms with Crippen molar-refractivity contribution in [2.45, 2.75) is 0 Å². The first-order valence-electron chi connectivity index (χ1n) is 8.02. The normalized spacial score (nSPS) is 10.4. The Morgan fingerprint density at radius 3 is 2.04 bits per heavy atom. The summed E-state index contributed by atoms with van der Waals surface area (Å²) in [6, 6.07) is 15.1. The number of hydrogen-bond acceptors (Lipinski definition) is 5. The highest BCUT2D eigenvalue weighted by Gasteiger charge is 2.13. The monoisotopic (exact) mass is 366 g/mol. The van der Waals surface area contributed by atoms with Gasteiger partial charge in [-0.25, -0.2) is 4.39 Å². The summed E-state index contributed by atoms with van der Waals surface area (Å²) >= 11 is 0. The molecule has 0 radical (unpaired) electrons. The molecule has 0 heterocycles. The van der Waals surface area contributed by atoms with Crippen LogP contribution in [0.3, 0.4) is 0 Å². The summed E-state index contributed by atoms with van der Waals surface area (Å²) in [6.07, 6.45) is 0. The Hall–Kier alpha value is -3.67.